The largest absolute Gasteiger partial charge is 0.394 e. The van der Waals surface area contributed by atoms with E-state index in [1.165, 1.54) is 0 Å². The highest BCUT2D eigenvalue weighted by Crippen LogP contribution is 2.51. The first-order valence-electron chi connectivity index (χ1n) is 4.04. The minimum Gasteiger partial charge on any atom is -0.394 e. The standard InChI is InChI=1S/C7H10O7/c8-1-2-3(9)4(10)6(12)5(11)7(6,13)14-2/h2-4,8-10,12-13H,1H2. The van der Waals surface area contributed by atoms with Crippen molar-refractivity contribution in [1.82, 2.24) is 0 Å². The minimum atomic E-state index is -2.49. The number of aliphatic hydroxyl groups excluding tert-OH is 3. The maximum Gasteiger partial charge on any atom is 0.270 e. The molecule has 2 fully saturated rings. The average molecular weight is 206 g/mol. The van der Waals surface area contributed by atoms with E-state index < -0.39 is 42.1 Å². The molecule has 2 aliphatic rings. The summed E-state index contributed by atoms with van der Waals surface area (Å²) in [6.45, 7) is -0.677. The van der Waals surface area contributed by atoms with Crippen LogP contribution in [0.15, 0.2) is 0 Å². The lowest BCUT2D eigenvalue weighted by atomic mass is 9.98. The van der Waals surface area contributed by atoms with Crippen LogP contribution in [-0.4, -0.2) is 67.6 Å². The van der Waals surface area contributed by atoms with Gasteiger partial charge in [-0.05, 0) is 0 Å². The van der Waals surface area contributed by atoms with E-state index in [0.29, 0.717) is 0 Å². The Morgan fingerprint density at radius 1 is 1.36 bits per heavy atom. The van der Waals surface area contributed by atoms with Gasteiger partial charge in [0.1, 0.15) is 18.3 Å². The van der Waals surface area contributed by atoms with E-state index in [-0.39, 0.29) is 0 Å². The van der Waals surface area contributed by atoms with E-state index >= 15 is 0 Å². The van der Waals surface area contributed by atoms with Crippen molar-refractivity contribution in [2.24, 2.45) is 0 Å². The molecule has 7 nitrogen and oxygen atoms in total. The van der Waals surface area contributed by atoms with Gasteiger partial charge in [0.2, 0.25) is 11.4 Å². The predicted molar refractivity (Wildman–Crippen MR) is 38.9 cm³/mol. The lowest BCUT2D eigenvalue weighted by Crippen LogP contribution is -2.58. The van der Waals surface area contributed by atoms with Crippen molar-refractivity contribution in [3.05, 3.63) is 0 Å². The van der Waals surface area contributed by atoms with Gasteiger partial charge in [0.05, 0.1) is 6.61 Å². The number of Topliss-reactive ketones (excluding diaryl/α,β-unsaturated/α-hetero) is 1. The van der Waals surface area contributed by atoms with Crippen molar-refractivity contribution in [2.75, 3.05) is 6.61 Å². The number of carbonyl (C=O) groups is 1. The van der Waals surface area contributed by atoms with E-state index in [1.807, 2.05) is 0 Å². The monoisotopic (exact) mass is 206 g/mol. The highest BCUT2D eigenvalue weighted by Gasteiger charge is 2.86. The highest BCUT2D eigenvalue weighted by atomic mass is 16.7. The van der Waals surface area contributed by atoms with Crippen LogP contribution in [0.4, 0.5) is 0 Å². The average Bonchev–Trinajstić information content (AvgIpc) is 2.60. The van der Waals surface area contributed by atoms with Crippen molar-refractivity contribution >= 4 is 5.78 Å². The highest BCUT2D eigenvalue weighted by molar-refractivity contribution is 6.13. The number of hydrogen-bond donors (Lipinski definition) is 5. The van der Waals surface area contributed by atoms with Gasteiger partial charge < -0.3 is 30.3 Å². The molecule has 1 heterocycles. The summed E-state index contributed by atoms with van der Waals surface area (Å²) in [6.07, 6.45) is -4.76. The van der Waals surface area contributed by atoms with Gasteiger partial charge in [-0.25, -0.2) is 0 Å². The third-order valence-electron chi connectivity index (χ3n) is 2.74. The Labute approximate surface area is 78.2 Å². The molecule has 0 aromatic rings. The summed E-state index contributed by atoms with van der Waals surface area (Å²) in [5.41, 5.74) is -2.46. The normalized spacial score (nSPS) is 56.9. The van der Waals surface area contributed by atoms with Gasteiger partial charge in [0.25, 0.3) is 5.79 Å². The molecule has 0 spiro atoms. The predicted octanol–water partition coefficient (Wildman–Crippen LogP) is -3.90. The first-order chi connectivity index (χ1) is 6.39. The van der Waals surface area contributed by atoms with Crippen molar-refractivity contribution in [3.8, 4) is 0 Å². The fourth-order valence-electron chi connectivity index (χ4n) is 1.71. The van der Waals surface area contributed by atoms with Crippen molar-refractivity contribution in [1.29, 1.82) is 0 Å². The number of rotatable bonds is 1. The number of ketones is 1. The van der Waals surface area contributed by atoms with Crippen molar-refractivity contribution in [3.63, 3.8) is 0 Å². The Bertz CT molecular complexity index is 292. The molecule has 0 aromatic carbocycles. The molecule has 14 heavy (non-hydrogen) atoms. The second kappa shape index (κ2) is 2.51. The van der Waals surface area contributed by atoms with E-state index in [4.69, 9.17) is 5.11 Å². The van der Waals surface area contributed by atoms with Gasteiger partial charge in [-0.15, -0.1) is 0 Å². The number of ether oxygens (including phenoxy) is 1. The van der Waals surface area contributed by atoms with Gasteiger partial charge in [0, 0.05) is 0 Å². The number of hydrogen-bond acceptors (Lipinski definition) is 7. The zero-order valence-electron chi connectivity index (χ0n) is 6.99. The number of aliphatic hydroxyl groups is 5. The van der Waals surface area contributed by atoms with Crippen LogP contribution in [-0.2, 0) is 9.53 Å². The first kappa shape index (κ1) is 9.97. The van der Waals surface area contributed by atoms with Crippen LogP contribution < -0.4 is 0 Å². The molecule has 80 valence electrons. The maximum absolute atomic E-state index is 11.0. The summed E-state index contributed by atoms with van der Waals surface area (Å²) in [6, 6.07) is 0. The first-order valence-corrected chi connectivity index (χ1v) is 4.04. The molecule has 0 aromatic heterocycles. The molecule has 1 aliphatic carbocycles. The van der Waals surface area contributed by atoms with E-state index in [1.54, 1.807) is 0 Å². The molecule has 5 unspecified atom stereocenters. The quantitative estimate of drug-likeness (QED) is 0.296. The van der Waals surface area contributed by atoms with Crippen LogP contribution in [0.25, 0.3) is 0 Å². The van der Waals surface area contributed by atoms with Crippen molar-refractivity contribution < 1.29 is 35.1 Å². The third-order valence-corrected chi connectivity index (χ3v) is 2.74. The van der Waals surface area contributed by atoms with Crippen LogP contribution >= 0.6 is 0 Å². The summed E-state index contributed by atoms with van der Waals surface area (Å²) in [5, 5.41) is 46.1. The number of carbonyl (C=O) groups excluding carboxylic acids is 1. The lowest BCUT2D eigenvalue weighted by molar-refractivity contribution is -0.288. The Hall–Kier alpha value is -0.570. The molecule has 5 N–H and O–H groups in total. The molecule has 0 radical (unpaired) electrons. The molecule has 0 amide bonds. The van der Waals surface area contributed by atoms with E-state index in [0.717, 1.165) is 0 Å². The molecule has 7 heteroatoms. The van der Waals surface area contributed by atoms with Gasteiger partial charge in [-0.2, -0.15) is 0 Å². The summed E-state index contributed by atoms with van der Waals surface area (Å²) >= 11 is 0. The smallest absolute Gasteiger partial charge is 0.270 e. The van der Waals surface area contributed by atoms with E-state index in [9.17, 15) is 25.2 Å². The second-order valence-electron chi connectivity index (χ2n) is 3.51. The SMILES string of the molecule is O=C1C2(O)OC(CO)C(O)C(O)C12O. The Morgan fingerprint density at radius 3 is 2.43 bits per heavy atom. The third kappa shape index (κ3) is 0.800. The van der Waals surface area contributed by atoms with E-state index in [2.05, 4.69) is 4.74 Å². The summed E-state index contributed by atoms with van der Waals surface area (Å²) in [5.74, 6) is -3.59. The summed E-state index contributed by atoms with van der Waals surface area (Å²) < 4.78 is 4.59. The molecule has 2 rings (SSSR count). The van der Waals surface area contributed by atoms with Crippen molar-refractivity contribution in [2.45, 2.75) is 29.7 Å². The second-order valence-corrected chi connectivity index (χ2v) is 3.51. The Morgan fingerprint density at radius 2 is 1.93 bits per heavy atom. The molecule has 1 aliphatic heterocycles. The zero-order valence-corrected chi connectivity index (χ0v) is 6.99. The fraction of sp³-hybridized carbons (Fsp3) is 0.857. The van der Waals surface area contributed by atoms with Gasteiger partial charge >= 0.3 is 0 Å². The van der Waals surface area contributed by atoms with Crippen LogP contribution in [0.2, 0.25) is 0 Å². The van der Waals surface area contributed by atoms with Gasteiger partial charge in [-0.1, -0.05) is 0 Å². The minimum absolute atomic E-state index is 0.677. The Balaban J connectivity index is 2.32. The van der Waals surface area contributed by atoms with Crippen LogP contribution in [0, 0.1) is 0 Å². The van der Waals surface area contributed by atoms with Gasteiger partial charge in [-0.3, -0.25) is 4.79 Å². The maximum atomic E-state index is 11.0. The van der Waals surface area contributed by atoms with Crippen LogP contribution in [0.5, 0.6) is 0 Å². The van der Waals surface area contributed by atoms with Crippen LogP contribution in [0.3, 0.4) is 0 Å². The molecular weight excluding hydrogens is 196 g/mol. The summed E-state index contributed by atoms with van der Waals surface area (Å²) in [7, 11) is 0. The molecule has 1 saturated heterocycles. The van der Waals surface area contributed by atoms with Gasteiger partial charge in [0.15, 0.2) is 0 Å². The molecule has 1 saturated carbocycles. The van der Waals surface area contributed by atoms with Crippen LogP contribution in [0.1, 0.15) is 0 Å². The molecular formula is C7H10O7. The lowest BCUT2D eigenvalue weighted by Gasteiger charge is -2.34. The zero-order chi connectivity index (χ0) is 10.7. The Kier molecular flexibility index (Phi) is 1.79. The number of fused-ring (bicyclic) bond motifs is 1. The fourth-order valence-corrected chi connectivity index (χ4v) is 1.71. The summed E-state index contributed by atoms with van der Waals surface area (Å²) in [4.78, 5) is 11.0. The molecule has 0 bridgehead atoms. The topological polar surface area (TPSA) is 127 Å². The molecule has 5 atom stereocenters.